The van der Waals surface area contributed by atoms with Crippen LogP contribution in [-0.2, 0) is 14.8 Å². The van der Waals surface area contributed by atoms with Crippen molar-refractivity contribution in [3.63, 3.8) is 0 Å². The van der Waals surface area contributed by atoms with Crippen molar-refractivity contribution in [2.45, 2.75) is 18.2 Å². The monoisotopic (exact) mass is 289 g/mol. The summed E-state index contributed by atoms with van der Waals surface area (Å²) in [4.78, 5) is 10.7. The summed E-state index contributed by atoms with van der Waals surface area (Å²) >= 11 is 0. The fourth-order valence-electron chi connectivity index (χ4n) is 2.01. The molecule has 1 saturated heterocycles. The molecule has 0 spiro atoms. The second-order valence-corrected chi connectivity index (χ2v) is 6.46. The van der Waals surface area contributed by atoms with E-state index < -0.39 is 32.5 Å². The van der Waals surface area contributed by atoms with E-state index >= 15 is 0 Å². The molecular formula is C12H13F2NO3S. The van der Waals surface area contributed by atoms with Gasteiger partial charge in [-0.05, 0) is 18.2 Å². The number of hydrogen-bond acceptors (Lipinski definition) is 3. The van der Waals surface area contributed by atoms with Gasteiger partial charge in [0.05, 0.1) is 0 Å². The van der Waals surface area contributed by atoms with Crippen LogP contribution in [-0.4, -0.2) is 31.6 Å². The van der Waals surface area contributed by atoms with Crippen molar-refractivity contribution >= 4 is 15.8 Å². The van der Waals surface area contributed by atoms with Crippen molar-refractivity contribution in [1.82, 2.24) is 4.31 Å². The van der Waals surface area contributed by atoms with Crippen molar-refractivity contribution in [2.75, 3.05) is 13.1 Å². The second kappa shape index (κ2) is 4.97. The molecule has 0 aromatic heterocycles. The summed E-state index contributed by atoms with van der Waals surface area (Å²) in [5.41, 5.74) is 0. The predicted molar refractivity (Wildman–Crippen MR) is 63.9 cm³/mol. The third kappa shape index (κ3) is 2.66. The predicted octanol–water partition coefficient (Wildman–Crippen LogP) is 1.56. The van der Waals surface area contributed by atoms with E-state index in [9.17, 15) is 22.0 Å². The highest BCUT2D eigenvalue weighted by Crippen LogP contribution is 2.24. The van der Waals surface area contributed by atoms with Gasteiger partial charge < -0.3 is 0 Å². The topological polar surface area (TPSA) is 54.5 Å². The minimum Gasteiger partial charge on any atom is -0.299 e. The van der Waals surface area contributed by atoms with E-state index in [2.05, 4.69) is 0 Å². The number of benzene rings is 1. The maximum Gasteiger partial charge on any atom is 0.246 e. The van der Waals surface area contributed by atoms with E-state index in [0.717, 1.165) is 16.4 Å². The number of ketones is 1. The summed E-state index contributed by atoms with van der Waals surface area (Å²) < 4.78 is 52.1. The quantitative estimate of drug-likeness (QED) is 0.830. The van der Waals surface area contributed by atoms with Crippen molar-refractivity contribution in [2.24, 2.45) is 5.92 Å². The Balaban J connectivity index is 2.37. The van der Waals surface area contributed by atoms with E-state index in [1.54, 1.807) is 6.92 Å². The molecule has 1 unspecified atom stereocenters. The van der Waals surface area contributed by atoms with Gasteiger partial charge in [0.25, 0.3) is 0 Å². The molecular weight excluding hydrogens is 276 g/mol. The van der Waals surface area contributed by atoms with E-state index in [4.69, 9.17) is 0 Å². The third-order valence-electron chi connectivity index (χ3n) is 3.15. The van der Waals surface area contributed by atoms with Crippen molar-refractivity contribution in [1.29, 1.82) is 0 Å². The van der Waals surface area contributed by atoms with Crippen LogP contribution < -0.4 is 0 Å². The molecule has 0 radical (unpaired) electrons. The highest BCUT2D eigenvalue weighted by atomic mass is 32.2. The zero-order chi connectivity index (χ0) is 14.2. The van der Waals surface area contributed by atoms with Gasteiger partial charge in [0.15, 0.2) is 0 Å². The van der Waals surface area contributed by atoms with Gasteiger partial charge >= 0.3 is 0 Å². The summed E-state index contributed by atoms with van der Waals surface area (Å²) in [5, 5.41) is 0. The highest BCUT2D eigenvalue weighted by molar-refractivity contribution is 7.89. The number of piperidine rings is 1. The molecule has 0 aliphatic carbocycles. The van der Waals surface area contributed by atoms with Gasteiger partial charge in [-0.3, -0.25) is 4.79 Å². The highest BCUT2D eigenvalue weighted by Gasteiger charge is 2.34. The Kier molecular flexibility index (Phi) is 3.69. The Hall–Kier alpha value is -1.34. The van der Waals surface area contributed by atoms with Crippen LogP contribution >= 0.6 is 0 Å². The van der Waals surface area contributed by atoms with Crippen LogP contribution in [0.4, 0.5) is 8.78 Å². The van der Waals surface area contributed by atoms with E-state index in [-0.39, 0.29) is 25.3 Å². The molecule has 2 rings (SSSR count). The standard InChI is InChI=1S/C12H13F2NO3S/c1-8-7-15(5-4-11(8)16)19(17,18)12-6-9(13)2-3-10(12)14/h2-3,6,8H,4-5,7H2,1H3. The number of carbonyl (C=O) groups excluding carboxylic acids is 1. The van der Waals surface area contributed by atoms with Crippen molar-refractivity contribution < 1.29 is 22.0 Å². The molecule has 1 aromatic rings. The minimum absolute atomic E-state index is 0.00145. The van der Waals surface area contributed by atoms with Gasteiger partial charge in [-0.15, -0.1) is 0 Å². The van der Waals surface area contributed by atoms with E-state index in [0.29, 0.717) is 6.07 Å². The normalized spacial score (nSPS) is 21.6. The van der Waals surface area contributed by atoms with Crippen molar-refractivity contribution in [3.8, 4) is 0 Å². The van der Waals surface area contributed by atoms with Gasteiger partial charge in [-0.25, -0.2) is 17.2 Å². The van der Waals surface area contributed by atoms with Crippen LogP contribution in [0.1, 0.15) is 13.3 Å². The second-order valence-electron chi connectivity index (χ2n) is 4.56. The maximum atomic E-state index is 13.6. The largest absolute Gasteiger partial charge is 0.299 e. The van der Waals surface area contributed by atoms with Gasteiger partial charge in [-0.2, -0.15) is 4.31 Å². The number of hydrogen-bond donors (Lipinski definition) is 0. The maximum absolute atomic E-state index is 13.6. The van der Waals surface area contributed by atoms with Crippen LogP contribution in [0.15, 0.2) is 23.1 Å². The summed E-state index contributed by atoms with van der Waals surface area (Å²) in [7, 11) is -4.11. The molecule has 1 aromatic carbocycles. The van der Waals surface area contributed by atoms with Crippen molar-refractivity contribution in [3.05, 3.63) is 29.8 Å². The molecule has 1 aliphatic rings. The summed E-state index contributed by atoms with van der Waals surface area (Å²) in [6.07, 6.45) is 0.0946. The van der Waals surface area contributed by atoms with Crippen LogP contribution in [0.5, 0.6) is 0 Å². The Morgan fingerprint density at radius 1 is 1.32 bits per heavy atom. The summed E-state index contributed by atoms with van der Waals surface area (Å²) in [6.45, 7) is 1.62. The fraction of sp³-hybridized carbons (Fsp3) is 0.417. The molecule has 19 heavy (non-hydrogen) atoms. The van der Waals surface area contributed by atoms with Crippen LogP contribution in [0.25, 0.3) is 0 Å². The van der Waals surface area contributed by atoms with E-state index in [1.807, 2.05) is 0 Å². The molecule has 0 bridgehead atoms. The number of rotatable bonds is 2. The summed E-state index contributed by atoms with van der Waals surface area (Å²) in [6, 6.07) is 2.29. The molecule has 0 N–H and O–H groups in total. The van der Waals surface area contributed by atoms with Crippen LogP contribution in [0.2, 0.25) is 0 Å². The first-order valence-corrected chi connectivity index (χ1v) is 7.24. The average molecular weight is 289 g/mol. The molecule has 4 nitrogen and oxygen atoms in total. The number of carbonyl (C=O) groups is 1. The lowest BCUT2D eigenvalue weighted by molar-refractivity contribution is -0.124. The first-order chi connectivity index (χ1) is 8.82. The van der Waals surface area contributed by atoms with Gasteiger partial charge in [-0.1, -0.05) is 6.92 Å². The Bertz CT molecular complexity index is 615. The molecule has 0 amide bonds. The number of nitrogens with zero attached hydrogens (tertiary/aromatic N) is 1. The number of Topliss-reactive ketones (excluding diaryl/α,β-unsaturated/α-hetero) is 1. The molecule has 1 heterocycles. The lowest BCUT2D eigenvalue weighted by Gasteiger charge is -2.29. The van der Waals surface area contributed by atoms with Crippen LogP contribution in [0.3, 0.4) is 0 Å². The zero-order valence-electron chi connectivity index (χ0n) is 10.3. The smallest absolute Gasteiger partial charge is 0.246 e. The Morgan fingerprint density at radius 3 is 2.63 bits per heavy atom. The number of halogens is 2. The fourth-order valence-corrected chi connectivity index (χ4v) is 3.62. The molecule has 1 atom stereocenters. The van der Waals surface area contributed by atoms with Gasteiger partial charge in [0.2, 0.25) is 10.0 Å². The summed E-state index contributed by atoms with van der Waals surface area (Å²) in [5.74, 6) is -2.27. The number of sulfonamides is 1. The molecule has 1 aliphatic heterocycles. The minimum atomic E-state index is -4.11. The first kappa shape index (κ1) is 14.1. The molecule has 104 valence electrons. The SMILES string of the molecule is CC1CN(S(=O)(=O)c2cc(F)ccc2F)CCC1=O. The molecule has 7 heteroatoms. The first-order valence-electron chi connectivity index (χ1n) is 5.80. The molecule has 1 fully saturated rings. The average Bonchev–Trinajstić information content (AvgIpc) is 2.35. The zero-order valence-corrected chi connectivity index (χ0v) is 11.1. The lowest BCUT2D eigenvalue weighted by atomic mass is 10.0. The lowest BCUT2D eigenvalue weighted by Crippen LogP contribution is -2.43. The third-order valence-corrected chi connectivity index (χ3v) is 5.03. The van der Waals surface area contributed by atoms with E-state index in [1.165, 1.54) is 0 Å². The van der Waals surface area contributed by atoms with Gasteiger partial charge in [0.1, 0.15) is 22.3 Å². The van der Waals surface area contributed by atoms with Crippen LogP contribution in [0, 0.1) is 17.6 Å². The molecule has 0 saturated carbocycles. The Labute approximate surface area is 110 Å². The van der Waals surface area contributed by atoms with Gasteiger partial charge in [0, 0.05) is 25.4 Å². The Morgan fingerprint density at radius 2 is 2.00 bits per heavy atom.